The zero-order valence-electron chi connectivity index (χ0n) is 11.3. The molecule has 0 spiro atoms. The summed E-state index contributed by atoms with van der Waals surface area (Å²) < 4.78 is 18.2. The van der Waals surface area contributed by atoms with E-state index in [0.717, 1.165) is 5.56 Å². The van der Waals surface area contributed by atoms with Gasteiger partial charge in [0.05, 0.1) is 6.42 Å². The largest absolute Gasteiger partial charge is 0.460 e. The van der Waals surface area contributed by atoms with Crippen molar-refractivity contribution in [3.63, 3.8) is 0 Å². The van der Waals surface area contributed by atoms with Crippen LogP contribution in [0.2, 0.25) is 0 Å². The van der Waals surface area contributed by atoms with Gasteiger partial charge in [-0.1, -0.05) is 6.07 Å². The van der Waals surface area contributed by atoms with Gasteiger partial charge in [0.2, 0.25) is 0 Å². The van der Waals surface area contributed by atoms with E-state index < -0.39 is 5.60 Å². The highest BCUT2D eigenvalue weighted by Gasteiger charge is 2.15. The lowest BCUT2D eigenvalue weighted by Gasteiger charge is -2.19. The third-order valence-corrected chi connectivity index (χ3v) is 2.26. The summed E-state index contributed by atoms with van der Waals surface area (Å²) >= 11 is 0. The molecule has 1 rings (SSSR count). The summed E-state index contributed by atoms with van der Waals surface area (Å²) in [6, 6.07) is 4.53. The van der Waals surface area contributed by atoms with Crippen molar-refractivity contribution in [3.8, 4) is 0 Å². The number of carbonyl (C=O) groups excluding carboxylic acids is 1. The summed E-state index contributed by atoms with van der Waals surface area (Å²) in [7, 11) is 0. The lowest BCUT2D eigenvalue weighted by molar-refractivity contribution is -0.154. The molecule has 0 heterocycles. The van der Waals surface area contributed by atoms with Crippen LogP contribution in [-0.2, 0) is 9.53 Å². The fourth-order valence-corrected chi connectivity index (χ4v) is 1.48. The molecule has 0 atom stereocenters. The van der Waals surface area contributed by atoms with Crippen LogP contribution in [0.4, 0.5) is 10.1 Å². The van der Waals surface area contributed by atoms with Crippen LogP contribution in [0.3, 0.4) is 0 Å². The molecule has 3 nitrogen and oxygen atoms in total. The summed E-state index contributed by atoms with van der Waals surface area (Å²) in [5.74, 6) is -0.551. The highest BCUT2D eigenvalue weighted by Crippen LogP contribution is 2.16. The highest BCUT2D eigenvalue weighted by atomic mass is 19.1. The zero-order valence-corrected chi connectivity index (χ0v) is 11.3. The summed E-state index contributed by atoms with van der Waals surface area (Å²) in [6.07, 6.45) is 0.257. The SMILES string of the molecule is Cc1ccc(F)cc1NCCC(=O)OC(C)(C)C. The van der Waals surface area contributed by atoms with Gasteiger partial charge in [-0.05, 0) is 45.4 Å². The summed E-state index contributed by atoms with van der Waals surface area (Å²) in [4.78, 5) is 11.5. The molecule has 0 aliphatic heterocycles. The minimum absolute atomic E-state index is 0.257. The topological polar surface area (TPSA) is 38.3 Å². The number of nitrogens with one attached hydrogen (secondary N) is 1. The Labute approximate surface area is 107 Å². The standard InChI is InChI=1S/C14H20FNO2/c1-10-5-6-11(15)9-12(10)16-8-7-13(17)18-14(2,3)4/h5-6,9,16H,7-8H2,1-4H3. The third kappa shape index (κ3) is 5.17. The average molecular weight is 253 g/mol. The van der Waals surface area contributed by atoms with Crippen LogP contribution in [0.15, 0.2) is 18.2 Å². The Bertz CT molecular complexity index is 424. The zero-order chi connectivity index (χ0) is 13.8. The molecule has 0 aliphatic rings. The van der Waals surface area contributed by atoms with Crippen molar-refractivity contribution in [1.29, 1.82) is 0 Å². The van der Waals surface area contributed by atoms with Crippen LogP contribution in [-0.4, -0.2) is 18.1 Å². The molecule has 1 aromatic carbocycles. The fourth-order valence-electron chi connectivity index (χ4n) is 1.48. The fraction of sp³-hybridized carbons (Fsp3) is 0.500. The Hall–Kier alpha value is -1.58. The molecule has 0 fully saturated rings. The number of halogens is 1. The quantitative estimate of drug-likeness (QED) is 0.837. The van der Waals surface area contributed by atoms with E-state index in [2.05, 4.69) is 5.32 Å². The van der Waals surface area contributed by atoms with Crippen molar-refractivity contribution >= 4 is 11.7 Å². The maximum absolute atomic E-state index is 13.0. The molecule has 0 amide bonds. The van der Waals surface area contributed by atoms with E-state index in [1.54, 1.807) is 6.07 Å². The number of ether oxygens (including phenoxy) is 1. The lowest BCUT2D eigenvalue weighted by atomic mass is 10.2. The van der Waals surface area contributed by atoms with Crippen molar-refractivity contribution < 1.29 is 13.9 Å². The molecular weight excluding hydrogens is 233 g/mol. The minimum atomic E-state index is -0.466. The van der Waals surface area contributed by atoms with Crippen LogP contribution >= 0.6 is 0 Å². The first-order valence-electron chi connectivity index (χ1n) is 6.00. The first-order chi connectivity index (χ1) is 8.28. The van der Waals surface area contributed by atoms with E-state index in [1.807, 2.05) is 27.7 Å². The summed E-state index contributed by atoms with van der Waals surface area (Å²) in [6.45, 7) is 7.80. The number of esters is 1. The first kappa shape index (κ1) is 14.5. The number of benzene rings is 1. The van der Waals surface area contributed by atoms with Crippen LogP contribution in [0.1, 0.15) is 32.8 Å². The Morgan fingerprint density at radius 3 is 2.67 bits per heavy atom. The second-order valence-electron chi connectivity index (χ2n) is 5.22. The first-order valence-corrected chi connectivity index (χ1v) is 6.00. The minimum Gasteiger partial charge on any atom is -0.460 e. The number of carbonyl (C=O) groups is 1. The van der Waals surface area contributed by atoms with Gasteiger partial charge in [0, 0.05) is 12.2 Å². The van der Waals surface area contributed by atoms with Gasteiger partial charge < -0.3 is 10.1 Å². The number of hydrogen-bond donors (Lipinski definition) is 1. The molecule has 0 saturated heterocycles. The third-order valence-electron chi connectivity index (χ3n) is 2.26. The van der Waals surface area contributed by atoms with E-state index in [1.165, 1.54) is 12.1 Å². The number of anilines is 1. The molecule has 0 aromatic heterocycles. The maximum Gasteiger partial charge on any atom is 0.308 e. The molecule has 100 valence electrons. The van der Waals surface area contributed by atoms with Crippen molar-refractivity contribution in [1.82, 2.24) is 0 Å². The molecule has 0 bridgehead atoms. The van der Waals surface area contributed by atoms with Crippen LogP contribution < -0.4 is 5.32 Å². The molecule has 18 heavy (non-hydrogen) atoms. The van der Waals surface area contributed by atoms with E-state index in [-0.39, 0.29) is 18.2 Å². The van der Waals surface area contributed by atoms with E-state index in [9.17, 15) is 9.18 Å². The van der Waals surface area contributed by atoms with Crippen molar-refractivity contribution in [2.24, 2.45) is 0 Å². The summed E-state index contributed by atoms with van der Waals surface area (Å²) in [5.41, 5.74) is 1.19. The van der Waals surface area contributed by atoms with Crippen molar-refractivity contribution in [2.45, 2.75) is 39.7 Å². The Kier molecular flexibility index (Phi) is 4.70. The highest BCUT2D eigenvalue weighted by molar-refractivity contribution is 5.70. The van der Waals surface area contributed by atoms with Gasteiger partial charge in [-0.3, -0.25) is 4.79 Å². The number of hydrogen-bond acceptors (Lipinski definition) is 3. The monoisotopic (exact) mass is 253 g/mol. The number of aryl methyl sites for hydroxylation is 1. The molecule has 1 aromatic rings. The predicted octanol–water partition coefficient (Wildman–Crippen LogP) is 3.28. The van der Waals surface area contributed by atoms with Gasteiger partial charge in [0.25, 0.3) is 0 Å². The molecule has 4 heteroatoms. The second-order valence-corrected chi connectivity index (χ2v) is 5.22. The van der Waals surface area contributed by atoms with Gasteiger partial charge in [-0.15, -0.1) is 0 Å². The lowest BCUT2D eigenvalue weighted by Crippen LogP contribution is -2.25. The van der Waals surface area contributed by atoms with E-state index in [4.69, 9.17) is 4.74 Å². The van der Waals surface area contributed by atoms with Crippen LogP contribution in [0, 0.1) is 12.7 Å². The Morgan fingerprint density at radius 1 is 1.39 bits per heavy atom. The summed E-state index contributed by atoms with van der Waals surface area (Å²) in [5, 5.41) is 3.03. The molecule has 0 radical (unpaired) electrons. The van der Waals surface area contributed by atoms with Crippen LogP contribution in [0.5, 0.6) is 0 Å². The Balaban J connectivity index is 2.42. The van der Waals surface area contributed by atoms with Gasteiger partial charge in [-0.25, -0.2) is 4.39 Å². The van der Waals surface area contributed by atoms with Crippen molar-refractivity contribution in [2.75, 3.05) is 11.9 Å². The van der Waals surface area contributed by atoms with Crippen LogP contribution in [0.25, 0.3) is 0 Å². The van der Waals surface area contributed by atoms with Gasteiger partial charge in [0.1, 0.15) is 11.4 Å². The van der Waals surface area contributed by atoms with Crippen molar-refractivity contribution in [3.05, 3.63) is 29.6 Å². The van der Waals surface area contributed by atoms with Gasteiger partial charge in [0.15, 0.2) is 0 Å². The van der Waals surface area contributed by atoms with E-state index >= 15 is 0 Å². The molecule has 0 saturated carbocycles. The maximum atomic E-state index is 13.0. The molecule has 0 aliphatic carbocycles. The molecule has 0 unspecified atom stereocenters. The number of rotatable bonds is 4. The van der Waals surface area contributed by atoms with Gasteiger partial charge >= 0.3 is 5.97 Å². The molecule has 1 N–H and O–H groups in total. The Morgan fingerprint density at radius 2 is 2.06 bits per heavy atom. The van der Waals surface area contributed by atoms with E-state index in [0.29, 0.717) is 12.2 Å². The smallest absolute Gasteiger partial charge is 0.308 e. The average Bonchev–Trinajstić information content (AvgIpc) is 2.20. The second kappa shape index (κ2) is 5.85. The predicted molar refractivity (Wildman–Crippen MR) is 70.1 cm³/mol. The van der Waals surface area contributed by atoms with Gasteiger partial charge in [-0.2, -0.15) is 0 Å². The normalized spacial score (nSPS) is 11.2. The molecular formula is C14H20FNO2.